The molecule has 3 aromatic carbocycles. The molecule has 0 saturated carbocycles. The van der Waals surface area contributed by atoms with Gasteiger partial charge in [0.2, 0.25) is 0 Å². The molecule has 0 spiro atoms. The molecule has 0 aliphatic rings. The second-order valence-electron chi connectivity index (χ2n) is 6.87. The molecular formula is C25H23ClN2O5. The molecule has 0 aliphatic carbocycles. The van der Waals surface area contributed by atoms with Gasteiger partial charge in [-0.15, -0.1) is 0 Å². The first kappa shape index (κ1) is 23.8. The van der Waals surface area contributed by atoms with Crippen molar-refractivity contribution in [2.24, 2.45) is 5.10 Å². The fraction of sp³-hybridized carbons (Fsp3) is 0.160. The van der Waals surface area contributed by atoms with Gasteiger partial charge < -0.3 is 14.2 Å². The molecule has 1 unspecified atom stereocenters. The third kappa shape index (κ3) is 7.36. The third-order valence-electron chi connectivity index (χ3n) is 4.36. The third-order valence-corrected chi connectivity index (χ3v) is 4.59. The largest absolute Gasteiger partial charge is 0.494 e. The van der Waals surface area contributed by atoms with Gasteiger partial charge in [0.05, 0.1) is 18.4 Å². The number of carbonyl (C=O) groups excluding carboxylic acids is 2. The van der Waals surface area contributed by atoms with Gasteiger partial charge in [0.25, 0.3) is 5.91 Å². The van der Waals surface area contributed by atoms with E-state index < -0.39 is 18.0 Å². The highest BCUT2D eigenvalue weighted by Gasteiger charge is 2.14. The van der Waals surface area contributed by atoms with E-state index in [0.717, 1.165) is 0 Å². The molecule has 7 nitrogen and oxygen atoms in total. The Morgan fingerprint density at radius 1 is 1.00 bits per heavy atom. The highest BCUT2D eigenvalue weighted by molar-refractivity contribution is 6.30. The van der Waals surface area contributed by atoms with E-state index in [-0.39, 0.29) is 0 Å². The van der Waals surface area contributed by atoms with Crippen molar-refractivity contribution in [2.75, 3.05) is 6.61 Å². The maximum atomic E-state index is 12.3. The molecule has 0 saturated heterocycles. The Balaban J connectivity index is 1.49. The van der Waals surface area contributed by atoms with Gasteiger partial charge >= 0.3 is 5.97 Å². The van der Waals surface area contributed by atoms with Crippen molar-refractivity contribution in [3.8, 4) is 17.2 Å². The summed E-state index contributed by atoms with van der Waals surface area (Å²) < 4.78 is 16.3. The molecule has 3 aromatic rings. The van der Waals surface area contributed by atoms with Crippen LogP contribution in [0.15, 0.2) is 77.9 Å². The molecule has 170 valence electrons. The van der Waals surface area contributed by atoms with Crippen molar-refractivity contribution in [3.63, 3.8) is 0 Å². The summed E-state index contributed by atoms with van der Waals surface area (Å²) in [6.07, 6.45) is 0.715. The molecule has 0 bridgehead atoms. The SMILES string of the molecule is CCOc1ccc(C(=O)Oc2ccc(C=NNC(=O)C(C)Oc3cccc(Cl)c3)cc2)cc1. The Labute approximate surface area is 196 Å². The Hall–Kier alpha value is -3.84. The van der Waals surface area contributed by atoms with E-state index in [0.29, 0.717) is 40.0 Å². The zero-order chi connectivity index (χ0) is 23.6. The van der Waals surface area contributed by atoms with Gasteiger partial charge in [-0.05, 0) is 86.1 Å². The number of nitrogens with one attached hydrogen (secondary N) is 1. The minimum Gasteiger partial charge on any atom is -0.494 e. The molecule has 1 amide bonds. The van der Waals surface area contributed by atoms with Crippen molar-refractivity contribution in [1.29, 1.82) is 0 Å². The van der Waals surface area contributed by atoms with Crippen LogP contribution >= 0.6 is 11.6 Å². The van der Waals surface area contributed by atoms with Crippen LogP contribution in [0.4, 0.5) is 0 Å². The van der Waals surface area contributed by atoms with E-state index in [1.807, 2.05) is 6.92 Å². The molecule has 1 N–H and O–H groups in total. The summed E-state index contributed by atoms with van der Waals surface area (Å²) in [6.45, 7) is 4.06. The smallest absolute Gasteiger partial charge is 0.343 e. The van der Waals surface area contributed by atoms with Gasteiger partial charge in [-0.1, -0.05) is 17.7 Å². The van der Waals surface area contributed by atoms with Crippen LogP contribution in [0, 0.1) is 0 Å². The Kier molecular flexibility index (Phi) is 8.43. The summed E-state index contributed by atoms with van der Waals surface area (Å²) in [6, 6.07) is 20.2. The quantitative estimate of drug-likeness (QED) is 0.210. The first-order chi connectivity index (χ1) is 15.9. The highest BCUT2D eigenvalue weighted by atomic mass is 35.5. The molecule has 8 heteroatoms. The van der Waals surface area contributed by atoms with Gasteiger partial charge in [0.15, 0.2) is 6.10 Å². The summed E-state index contributed by atoms with van der Waals surface area (Å²) >= 11 is 5.91. The molecule has 0 aliphatic heterocycles. The summed E-state index contributed by atoms with van der Waals surface area (Å²) in [5, 5.41) is 4.45. The van der Waals surface area contributed by atoms with Crippen LogP contribution in [0.2, 0.25) is 5.02 Å². The fourth-order valence-electron chi connectivity index (χ4n) is 2.70. The number of halogens is 1. The molecule has 1 atom stereocenters. The molecule has 0 radical (unpaired) electrons. The van der Waals surface area contributed by atoms with Crippen LogP contribution in [0.25, 0.3) is 0 Å². The molecule has 0 heterocycles. The summed E-state index contributed by atoms with van der Waals surface area (Å²) in [7, 11) is 0. The number of nitrogens with zero attached hydrogens (tertiary/aromatic N) is 1. The molecular weight excluding hydrogens is 444 g/mol. The zero-order valence-corrected chi connectivity index (χ0v) is 18.9. The zero-order valence-electron chi connectivity index (χ0n) is 18.2. The van der Waals surface area contributed by atoms with E-state index in [9.17, 15) is 9.59 Å². The lowest BCUT2D eigenvalue weighted by atomic mass is 10.2. The lowest BCUT2D eigenvalue weighted by Gasteiger charge is -2.12. The highest BCUT2D eigenvalue weighted by Crippen LogP contribution is 2.19. The minimum absolute atomic E-state index is 0.388. The first-order valence-electron chi connectivity index (χ1n) is 10.2. The van der Waals surface area contributed by atoms with Gasteiger partial charge in [-0.25, -0.2) is 10.2 Å². The Morgan fingerprint density at radius 2 is 1.70 bits per heavy atom. The maximum absolute atomic E-state index is 12.3. The number of esters is 1. The first-order valence-corrected chi connectivity index (χ1v) is 10.6. The van der Waals surface area contributed by atoms with E-state index in [1.54, 1.807) is 79.7 Å². The van der Waals surface area contributed by atoms with Crippen LogP contribution in [0.5, 0.6) is 17.2 Å². The number of benzene rings is 3. The van der Waals surface area contributed by atoms with Crippen molar-refractivity contribution in [2.45, 2.75) is 20.0 Å². The molecule has 33 heavy (non-hydrogen) atoms. The monoisotopic (exact) mass is 466 g/mol. The minimum atomic E-state index is -0.759. The normalized spacial score (nSPS) is 11.6. The van der Waals surface area contributed by atoms with Crippen molar-refractivity contribution >= 4 is 29.7 Å². The standard InChI is InChI=1S/C25H23ClN2O5/c1-3-31-21-13-9-19(10-14-21)25(30)33-22-11-7-18(8-12-22)16-27-28-24(29)17(2)32-23-6-4-5-20(26)15-23/h4-17H,3H2,1-2H3,(H,28,29). The molecule has 3 rings (SSSR count). The molecule has 0 fully saturated rings. The van der Waals surface area contributed by atoms with Gasteiger partial charge in [-0.2, -0.15) is 5.10 Å². The maximum Gasteiger partial charge on any atom is 0.343 e. The van der Waals surface area contributed by atoms with Gasteiger partial charge in [-0.3, -0.25) is 4.79 Å². The number of amides is 1. The lowest BCUT2D eigenvalue weighted by Crippen LogP contribution is -2.33. The van der Waals surface area contributed by atoms with Gasteiger partial charge in [0, 0.05) is 5.02 Å². The Morgan fingerprint density at radius 3 is 2.36 bits per heavy atom. The number of hydrazone groups is 1. The van der Waals surface area contributed by atoms with Crippen molar-refractivity contribution in [1.82, 2.24) is 5.43 Å². The number of hydrogen-bond acceptors (Lipinski definition) is 6. The number of carbonyl (C=O) groups is 2. The van der Waals surface area contributed by atoms with Crippen molar-refractivity contribution in [3.05, 3.63) is 88.9 Å². The van der Waals surface area contributed by atoms with Crippen LogP contribution in [0.1, 0.15) is 29.8 Å². The summed E-state index contributed by atoms with van der Waals surface area (Å²) in [5.41, 5.74) is 3.55. The summed E-state index contributed by atoms with van der Waals surface area (Å²) in [4.78, 5) is 24.4. The van der Waals surface area contributed by atoms with E-state index in [2.05, 4.69) is 10.5 Å². The molecule has 0 aromatic heterocycles. The topological polar surface area (TPSA) is 86.2 Å². The van der Waals surface area contributed by atoms with Gasteiger partial charge in [0.1, 0.15) is 17.2 Å². The van der Waals surface area contributed by atoms with Crippen LogP contribution in [-0.4, -0.2) is 30.8 Å². The average molecular weight is 467 g/mol. The summed E-state index contributed by atoms with van der Waals surface area (Å²) in [5.74, 6) is 0.686. The lowest BCUT2D eigenvalue weighted by molar-refractivity contribution is -0.127. The predicted molar refractivity (Wildman–Crippen MR) is 126 cm³/mol. The van der Waals surface area contributed by atoms with Crippen LogP contribution in [-0.2, 0) is 4.79 Å². The van der Waals surface area contributed by atoms with E-state index >= 15 is 0 Å². The van der Waals surface area contributed by atoms with Crippen LogP contribution < -0.4 is 19.6 Å². The second-order valence-corrected chi connectivity index (χ2v) is 7.30. The Bertz CT molecular complexity index is 1110. The van der Waals surface area contributed by atoms with E-state index in [4.69, 9.17) is 25.8 Å². The second kappa shape index (κ2) is 11.7. The fourth-order valence-corrected chi connectivity index (χ4v) is 2.88. The number of rotatable bonds is 9. The number of ether oxygens (including phenoxy) is 3. The predicted octanol–water partition coefficient (Wildman–Crippen LogP) is 4.88. The van der Waals surface area contributed by atoms with Crippen molar-refractivity contribution < 1.29 is 23.8 Å². The average Bonchev–Trinajstić information content (AvgIpc) is 2.81. The van der Waals surface area contributed by atoms with E-state index in [1.165, 1.54) is 6.21 Å². The number of hydrogen-bond donors (Lipinski definition) is 1. The van der Waals surface area contributed by atoms with Crippen LogP contribution in [0.3, 0.4) is 0 Å².